The van der Waals surface area contributed by atoms with Crippen molar-refractivity contribution in [2.24, 2.45) is 18.7 Å². The maximum Gasteiger partial charge on any atom is 0.393 e. The molecule has 0 amide bonds. The Labute approximate surface area is 165 Å². The van der Waals surface area contributed by atoms with Gasteiger partial charge in [0.05, 0.1) is 41.6 Å². The van der Waals surface area contributed by atoms with E-state index < -0.39 is 18.1 Å². The van der Waals surface area contributed by atoms with Gasteiger partial charge >= 0.3 is 6.18 Å². The van der Waals surface area contributed by atoms with Crippen LogP contribution in [0.4, 0.5) is 30.4 Å². The van der Waals surface area contributed by atoms with E-state index in [4.69, 9.17) is 10.2 Å². The third-order valence-corrected chi connectivity index (χ3v) is 4.95. The average Bonchev–Trinajstić information content (AvgIpc) is 3.32. The van der Waals surface area contributed by atoms with Crippen LogP contribution in [0.25, 0.3) is 11.3 Å². The summed E-state index contributed by atoms with van der Waals surface area (Å²) in [6.45, 7) is 0.149. The Morgan fingerprint density at radius 3 is 2.76 bits per heavy atom. The zero-order chi connectivity index (χ0) is 20.6. The number of halogens is 3. The van der Waals surface area contributed by atoms with Crippen molar-refractivity contribution in [1.82, 2.24) is 14.8 Å². The average molecular weight is 406 g/mol. The second-order valence-electron chi connectivity index (χ2n) is 7.23. The maximum atomic E-state index is 13.4. The number of rotatable bonds is 4. The van der Waals surface area contributed by atoms with E-state index in [-0.39, 0.29) is 13.0 Å². The topological polar surface area (TPSA) is 85.1 Å². The lowest BCUT2D eigenvalue weighted by molar-refractivity contribution is -0.177. The third kappa shape index (κ3) is 4.21. The number of hydrogen-bond donors (Lipinski definition) is 2. The summed E-state index contributed by atoms with van der Waals surface area (Å²) in [5.41, 5.74) is 8.49. The zero-order valence-corrected chi connectivity index (χ0v) is 15.7. The second kappa shape index (κ2) is 7.43. The molecular weight excluding hydrogens is 385 g/mol. The minimum Gasteiger partial charge on any atom is -0.449 e. The largest absolute Gasteiger partial charge is 0.449 e. The fourth-order valence-corrected chi connectivity index (χ4v) is 3.57. The van der Waals surface area contributed by atoms with Crippen molar-refractivity contribution in [3.8, 4) is 11.3 Å². The van der Waals surface area contributed by atoms with E-state index >= 15 is 0 Å². The van der Waals surface area contributed by atoms with Crippen molar-refractivity contribution in [2.75, 3.05) is 23.3 Å². The summed E-state index contributed by atoms with van der Waals surface area (Å²) in [6.07, 6.45) is 2.17. The van der Waals surface area contributed by atoms with Gasteiger partial charge in [0, 0.05) is 44.0 Å². The number of piperidine rings is 1. The quantitative estimate of drug-likeness (QED) is 0.690. The summed E-state index contributed by atoms with van der Waals surface area (Å²) >= 11 is 0. The highest BCUT2D eigenvalue weighted by atomic mass is 19.4. The molecule has 3 aromatic heterocycles. The van der Waals surface area contributed by atoms with Crippen LogP contribution in [0.2, 0.25) is 0 Å². The second-order valence-corrected chi connectivity index (χ2v) is 7.23. The van der Waals surface area contributed by atoms with Crippen molar-refractivity contribution in [1.29, 1.82) is 0 Å². The Hall–Kier alpha value is -3.01. The molecule has 3 aromatic rings. The molecule has 1 fully saturated rings. The van der Waals surface area contributed by atoms with Crippen LogP contribution in [-0.2, 0) is 7.05 Å². The first-order valence-electron chi connectivity index (χ1n) is 9.16. The SMILES string of the molecule is Cn1cc(-c2cc(N3CC(N)CC(C(F)(F)F)C3)c(Nc3ccco3)cn2)cn1. The Bertz CT molecular complexity index is 969. The van der Waals surface area contributed by atoms with E-state index in [0.717, 1.165) is 5.56 Å². The predicted molar refractivity (Wildman–Crippen MR) is 103 cm³/mol. The first-order chi connectivity index (χ1) is 13.8. The molecule has 3 N–H and O–H groups in total. The van der Waals surface area contributed by atoms with Crippen LogP contribution in [0.15, 0.2) is 47.5 Å². The summed E-state index contributed by atoms with van der Waals surface area (Å²) in [5.74, 6) is -1.02. The summed E-state index contributed by atoms with van der Waals surface area (Å²) in [4.78, 5) is 6.11. The van der Waals surface area contributed by atoms with Gasteiger partial charge in [-0.05, 0) is 18.6 Å². The molecule has 4 heterocycles. The van der Waals surface area contributed by atoms with E-state index in [9.17, 15) is 13.2 Å². The number of pyridine rings is 1. The molecule has 0 spiro atoms. The molecular formula is C19H21F3N6O. The summed E-state index contributed by atoms with van der Waals surface area (Å²) < 4.78 is 47.2. The van der Waals surface area contributed by atoms with E-state index in [1.165, 1.54) is 6.26 Å². The summed E-state index contributed by atoms with van der Waals surface area (Å²) in [7, 11) is 1.79. The normalized spacial score (nSPS) is 20.1. The molecule has 2 atom stereocenters. The number of alkyl halides is 3. The molecule has 0 aliphatic carbocycles. The molecule has 0 radical (unpaired) electrons. The molecule has 29 heavy (non-hydrogen) atoms. The van der Waals surface area contributed by atoms with Crippen molar-refractivity contribution < 1.29 is 17.6 Å². The Kier molecular flexibility index (Phi) is 4.95. The molecule has 10 heteroatoms. The lowest BCUT2D eigenvalue weighted by Gasteiger charge is -2.39. The first-order valence-corrected chi connectivity index (χ1v) is 9.16. The Morgan fingerprint density at radius 1 is 1.28 bits per heavy atom. The number of nitrogens with two attached hydrogens (primary N) is 1. The third-order valence-electron chi connectivity index (χ3n) is 4.95. The number of nitrogens with one attached hydrogen (secondary N) is 1. The molecule has 1 saturated heterocycles. The van der Waals surface area contributed by atoms with Gasteiger partial charge in [-0.1, -0.05) is 0 Å². The molecule has 1 aliphatic heterocycles. The van der Waals surface area contributed by atoms with Gasteiger partial charge in [-0.15, -0.1) is 0 Å². The smallest absolute Gasteiger partial charge is 0.393 e. The Morgan fingerprint density at radius 2 is 2.10 bits per heavy atom. The number of aryl methyl sites for hydroxylation is 1. The lowest BCUT2D eigenvalue weighted by Crippen LogP contribution is -2.51. The number of hydrogen-bond acceptors (Lipinski definition) is 6. The van der Waals surface area contributed by atoms with Crippen molar-refractivity contribution in [3.63, 3.8) is 0 Å². The van der Waals surface area contributed by atoms with Gasteiger partial charge in [0.2, 0.25) is 0 Å². The molecule has 4 rings (SSSR count). The monoisotopic (exact) mass is 406 g/mol. The van der Waals surface area contributed by atoms with Crippen molar-refractivity contribution >= 4 is 17.3 Å². The predicted octanol–water partition coefficient (Wildman–Crippen LogP) is 3.53. The molecule has 1 aliphatic rings. The van der Waals surface area contributed by atoms with Crippen LogP contribution in [0.3, 0.4) is 0 Å². The van der Waals surface area contributed by atoms with E-state index in [2.05, 4.69) is 15.4 Å². The fraction of sp³-hybridized carbons (Fsp3) is 0.368. The lowest BCUT2D eigenvalue weighted by atomic mass is 9.93. The van der Waals surface area contributed by atoms with E-state index in [1.54, 1.807) is 53.4 Å². The highest BCUT2D eigenvalue weighted by Crippen LogP contribution is 2.38. The minimum absolute atomic E-state index is 0.0819. The summed E-state index contributed by atoms with van der Waals surface area (Å²) in [5, 5.41) is 7.23. The van der Waals surface area contributed by atoms with Crippen LogP contribution in [0.1, 0.15) is 6.42 Å². The molecule has 0 bridgehead atoms. The van der Waals surface area contributed by atoms with Gasteiger partial charge in [-0.2, -0.15) is 18.3 Å². The van der Waals surface area contributed by atoms with Crippen LogP contribution in [0, 0.1) is 5.92 Å². The molecule has 154 valence electrons. The van der Waals surface area contributed by atoms with Gasteiger partial charge < -0.3 is 20.4 Å². The van der Waals surface area contributed by atoms with Crippen molar-refractivity contribution in [2.45, 2.75) is 18.6 Å². The minimum atomic E-state index is -4.30. The standard InChI is InChI=1S/C19H21F3N6O/c1-27-9-12(7-25-27)15-6-17(16(8-24-15)26-18-3-2-4-29-18)28-10-13(19(20,21)22)5-14(23)11-28/h2-4,6-9,13-14,26H,5,10-11,23H2,1H3. The number of furan rings is 1. The molecule has 2 unspecified atom stereocenters. The van der Waals surface area contributed by atoms with Gasteiger partial charge in [0.15, 0.2) is 5.88 Å². The maximum absolute atomic E-state index is 13.4. The highest BCUT2D eigenvalue weighted by molar-refractivity contribution is 5.77. The molecule has 7 nitrogen and oxygen atoms in total. The van der Waals surface area contributed by atoms with E-state index in [0.29, 0.717) is 29.5 Å². The number of nitrogens with zero attached hydrogens (tertiary/aromatic N) is 4. The van der Waals surface area contributed by atoms with Gasteiger partial charge in [-0.3, -0.25) is 9.67 Å². The molecule has 0 saturated carbocycles. The van der Waals surface area contributed by atoms with Crippen LogP contribution in [-0.4, -0.2) is 40.1 Å². The van der Waals surface area contributed by atoms with Crippen molar-refractivity contribution in [3.05, 3.63) is 43.1 Å². The number of anilines is 3. The van der Waals surface area contributed by atoms with Gasteiger partial charge in [-0.25, -0.2) is 0 Å². The van der Waals surface area contributed by atoms with Crippen LogP contribution >= 0.6 is 0 Å². The van der Waals surface area contributed by atoms with Crippen LogP contribution in [0.5, 0.6) is 0 Å². The van der Waals surface area contributed by atoms with Gasteiger partial charge in [0.1, 0.15) is 0 Å². The fourth-order valence-electron chi connectivity index (χ4n) is 3.57. The van der Waals surface area contributed by atoms with E-state index in [1.807, 2.05) is 0 Å². The summed E-state index contributed by atoms with van der Waals surface area (Å²) in [6, 6.07) is 4.62. The highest BCUT2D eigenvalue weighted by Gasteiger charge is 2.44. The Balaban J connectivity index is 1.73. The zero-order valence-electron chi connectivity index (χ0n) is 15.7. The first kappa shape index (κ1) is 19.3. The number of aromatic nitrogens is 3. The molecule has 0 aromatic carbocycles. The van der Waals surface area contributed by atoms with Gasteiger partial charge in [0.25, 0.3) is 0 Å². The van der Waals surface area contributed by atoms with Crippen LogP contribution < -0.4 is 16.0 Å².